The van der Waals surface area contributed by atoms with Crippen molar-refractivity contribution in [2.75, 3.05) is 13.2 Å². The van der Waals surface area contributed by atoms with Crippen LogP contribution in [0.5, 0.6) is 0 Å². The van der Waals surface area contributed by atoms with Gasteiger partial charge in [-0.3, -0.25) is 0 Å². The molecule has 0 spiro atoms. The van der Waals surface area contributed by atoms with Crippen LogP contribution < -0.4 is 5.73 Å². The van der Waals surface area contributed by atoms with Crippen molar-refractivity contribution in [3.63, 3.8) is 0 Å². The Hall–Kier alpha value is -0.870. The number of imidazole rings is 1. The second-order valence-electron chi connectivity index (χ2n) is 5.08. The third kappa shape index (κ3) is 1.57. The second-order valence-corrected chi connectivity index (χ2v) is 5.08. The molecule has 1 aliphatic carbocycles. The molecule has 0 radical (unpaired) electrons. The lowest BCUT2D eigenvalue weighted by molar-refractivity contribution is 0.180. The Labute approximate surface area is 95.6 Å². The molecule has 2 aliphatic rings. The second kappa shape index (κ2) is 3.86. The van der Waals surface area contributed by atoms with Crippen LogP contribution in [0.3, 0.4) is 0 Å². The summed E-state index contributed by atoms with van der Waals surface area (Å²) in [5.74, 6) is 1.99. The molecule has 4 heteroatoms. The standard InChI is InChI=1S/C12H19N3O/c1-7-2-3-9-11(7)15-12(14-9)10(13)8-4-5-16-6-8/h7-8,10H,2-6,13H2,1H3,(H,14,15). The fourth-order valence-electron chi connectivity index (χ4n) is 2.76. The zero-order chi connectivity index (χ0) is 11.1. The summed E-state index contributed by atoms with van der Waals surface area (Å²) in [6.07, 6.45) is 3.40. The third-order valence-electron chi connectivity index (χ3n) is 3.91. The number of nitrogens with zero attached hydrogens (tertiary/aromatic N) is 1. The van der Waals surface area contributed by atoms with Gasteiger partial charge in [0.1, 0.15) is 5.82 Å². The molecule has 0 amide bonds. The quantitative estimate of drug-likeness (QED) is 0.795. The van der Waals surface area contributed by atoms with Gasteiger partial charge in [0.15, 0.2) is 0 Å². The summed E-state index contributed by atoms with van der Waals surface area (Å²) in [5, 5.41) is 0. The van der Waals surface area contributed by atoms with Gasteiger partial charge in [0.05, 0.1) is 18.3 Å². The van der Waals surface area contributed by atoms with Crippen molar-refractivity contribution >= 4 is 0 Å². The average molecular weight is 221 g/mol. The molecule has 1 fully saturated rings. The molecule has 4 nitrogen and oxygen atoms in total. The van der Waals surface area contributed by atoms with Crippen LogP contribution in [0.4, 0.5) is 0 Å². The first-order valence-electron chi connectivity index (χ1n) is 6.17. The highest BCUT2D eigenvalue weighted by molar-refractivity contribution is 5.25. The highest BCUT2D eigenvalue weighted by atomic mass is 16.5. The lowest BCUT2D eigenvalue weighted by Crippen LogP contribution is -2.23. The summed E-state index contributed by atoms with van der Waals surface area (Å²) in [6, 6.07) is 0.0142. The van der Waals surface area contributed by atoms with E-state index in [1.54, 1.807) is 0 Å². The van der Waals surface area contributed by atoms with Gasteiger partial charge in [-0.15, -0.1) is 0 Å². The van der Waals surface area contributed by atoms with Crippen molar-refractivity contribution in [1.29, 1.82) is 0 Å². The van der Waals surface area contributed by atoms with Crippen LogP contribution in [0.2, 0.25) is 0 Å². The van der Waals surface area contributed by atoms with Crippen LogP contribution in [-0.4, -0.2) is 23.2 Å². The molecule has 1 aromatic rings. The first-order valence-corrected chi connectivity index (χ1v) is 6.17. The predicted octanol–water partition coefficient (Wildman–Crippen LogP) is 1.50. The zero-order valence-electron chi connectivity index (χ0n) is 9.70. The Morgan fingerprint density at radius 3 is 3.06 bits per heavy atom. The smallest absolute Gasteiger partial charge is 0.123 e. The van der Waals surface area contributed by atoms with E-state index in [-0.39, 0.29) is 6.04 Å². The molecule has 1 aromatic heterocycles. The van der Waals surface area contributed by atoms with Gasteiger partial charge >= 0.3 is 0 Å². The van der Waals surface area contributed by atoms with E-state index >= 15 is 0 Å². The van der Waals surface area contributed by atoms with E-state index in [0.29, 0.717) is 11.8 Å². The van der Waals surface area contributed by atoms with Gasteiger partial charge in [-0.25, -0.2) is 4.98 Å². The molecule has 3 atom stereocenters. The summed E-state index contributed by atoms with van der Waals surface area (Å²) in [5.41, 5.74) is 8.78. The van der Waals surface area contributed by atoms with Crippen molar-refractivity contribution < 1.29 is 4.74 Å². The van der Waals surface area contributed by atoms with E-state index in [2.05, 4.69) is 16.9 Å². The fraction of sp³-hybridized carbons (Fsp3) is 0.750. The largest absolute Gasteiger partial charge is 0.381 e. The Kier molecular flexibility index (Phi) is 2.48. The van der Waals surface area contributed by atoms with Crippen LogP contribution >= 0.6 is 0 Å². The summed E-state index contributed by atoms with van der Waals surface area (Å²) in [7, 11) is 0. The van der Waals surface area contributed by atoms with Crippen LogP contribution in [0.1, 0.15) is 48.9 Å². The molecule has 16 heavy (non-hydrogen) atoms. The minimum absolute atomic E-state index is 0.0142. The molecule has 3 unspecified atom stereocenters. The van der Waals surface area contributed by atoms with Crippen molar-refractivity contribution in [3.05, 3.63) is 17.2 Å². The minimum Gasteiger partial charge on any atom is -0.381 e. The van der Waals surface area contributed by atoms with Crippen LogP contribution in [0.15, 0.2) is 0 Å². The van der Waals surface area contributed by atoms with Crippen LogP contribution in [0.25, 0.3) is 0 Å². The number of H-pyrrole nitrogens is 1. The maximum Gasteiger partial charge on any atom is 0.123 e. The number of hydrogen-bond donors (Lipinski definition) is 2. The van der Waals surface area contributed by atoms with Crippen molar-refractivity contribution in [3.8, 4) is 0 Å². The lowest BCUT2D eigenvalue weighted by Gasteiger charge is -2.15. The topological polar surface area (TPSA) is 63.9 Å². The van der Waals surface area contributed by atoms with Gasteiger partial charge in [-0.05, 0) is 19.3 Å². The number of aromatic amines is 1. The van der Waals surface area contributed by atoms with E-state index < -0.39 is 0 Å². The lowest BCUT2D eigenvalue weighted by atomic mass is 9.99. The van der Waals surface area contributed by atoms with Crippen molar-refractivity contribution in [1.82, 2.24) is 9.97 Å². The number of nitrogens with one attached hydrogen (secondary N) is 1. The maximum atomic E-state index is 6.23. The highest BCUT2D eigenvalue weighted by Gasteiger charge is 2.29. The molecule has 1 aliphatic heterocycles. The Morgan fingerprint density at radius 2 is 2.38 bits per heavy atom. The third-order valence-corrected chi connectivity index (χ3v) is 3.91. The monoisotopic (exact) mass is 221 g/mol. The summed E-state index contributed by atoms with van der Waals surface area (Å²) in [6.45, 7) is 3.86. The number of aromatic nitrogens is 2. The molecular weight excluding hydrogens is 202 g/mol. The van der Waals surface area contributed by atoms with Gasteiger partial charge in [0, 0.05) is 24.1 Å². The maximum absolute atomic E-state index is 6.23. The zero-order valence-corrected chi connectivity index (χ0v) is 9.70. The fourth-order valence-corrected chi connectivity index (χ4v) is 2.76. The molecule has 0 bridgehead atoms. The van der Waals surface area contributed by atoms with Gasteiger partial charge in [0.2, 0.25) is 0 Å². The Bertz CT molecular complexity index is 382. The molecule has 3 N–H and O–H groups in total. The number of rotatable bonds is 2. The van der Waals surface area contributed by atoms with Gasteiger partial charge in [0.25, 0.3) is 0 Å². The molecular formula is C12H19N3O. The normalized spacial score (nSPS) is 30.6. The number of fused-ring (bicyclic) bond motifs is 1. The number of nitrogens with two attached hydrogens (primary N) is 1. The SMILES string of the molecule is CC1CCc2[nH]c(C(N)C3CCOC3)nc21. The first-order chi connectivity index (χ1) is 7.75. The summed E-state index contributed by atoms with van der Waals surface area (Å²) >= 11 is 0. The number of hydrogen-bond acceptors (Lipinski definition) is 3. The minimum atomic E-state index is 0.0142. The summed E-state index contributed by atoms with van der Waals surface area (Å²) < 4.78 is 5.38. The Morgan fingerprint density at radius 1 is 1.50 bits per heavy atom. The highest BCUT2D eigenvalue weighted by Crippen LogP contribution is 2.33. The van der Waals surface area contributed by atoms with Crippen LogP contribution in [0, 0.1) is 5.92 Å². The molecule has 2 heterocycles. The van der Waals surface area contributed by atoms with Crippen molar-refractivity contribution in [2.24, 2.45) is 11.7 Å². The van der Waals surface area contributed by atoms with Crippen LogP contribution in [-0.2, 0) is 11.2 Å². The van der Waals surface area contributed by atoms with E-state index in [9.17, 15) is 0 Å². The van der Waals surface area contributed by atoms with Gasteiger partial charge < -0.3 is 15.5 Å². The molecule has 3 rings (SSSR count). The van der Waals surface area contributed by atoms with E-state index in [1.165, 1.54) is 17.8 Å². The van der Waals surface area contributed by atoms with Crippen molar-refractivity contribution in [2.45, 2.75) is 38.1 Å². The molecule has 1 saturated heterocycles. The predicted molar refractivity (Wildman–Crippen MR) is 61.2 cm³/mol. The van der Waals surface area contributed by atoms with E-state index in [0.717, 1.165) is 31.9 Å². The number of aryl methyl sites for hydroxylation is 1. The molecule has 0 aromatic carbocycles. The van der Waals surface area contributed by atoms with E-state index in [4.69, 9.17) is 10.5 Å². The summed E-state index contributed by atoms with van der Waals surface area (Å²) in [4.78, 5) is 8.09. The first kappa shape index (κ1) is 10.3. The van der Waals surface area contributed by atoms with Gasteiger partial charge in [-0.2, -0.15) is 0 Å². The van der Waals surface area contributed by atoms with E-state index in [1.807, 2.05) is 0 Å². The van der Waals surface area contributed by atoms with Gasteiger partial charge in [-0.1, -0.05) is 6.92 Å². The molecule has 88 valence electrons. The Balaban J connectivity index is 1.81. The number of ether oxygens (including phenoxy) is 1. The average Bonchev–Trinajstić information content (AvgIpc) is 2.96. The molecule has 0 saturated carbocycles.